The Morgan fingerprint density at radius 2 is 1.64 bits per heavy atom. The number of phenols is 1. The molecular weight excluding hydrogens is 321 g/mol. The first-order valence-electron chi connectivity index (χ1n) is 6.08. The number of aromatic amines is 2. The summed E-state index contributed by atoms with van der Waals surface area (Å²) in [7, 11) is 0. The van der Waals surface area contributed by atoms with Crippen LogP contribution in [0.15, 0.2) is 35.1 Å². The maximum Gasteiger partial charge on any atom is 0.417 e. The molecule has 0 unspecified atom stereocenters. The second-order valence-electron chi connectivity index (χ2n) is 4.68. The third-order valence-corrected chi connectivity index (χ3v) is 3.44. The molecular formula is C14H8ClF3N2O2. The number of aromatic hydroxyl groups is 1. The van der Waals surface area contributed by atoms with Gasteiger partial charge in [-0.15, -0.1) is 0 Å². The van der Waals surface area contributed by atoms with Crippen LogP contribution < -0.4 is 5.69 Å². The van der Waals surface area contributed by atoms with E-state index in [9.17, 15) is 23.1 Å². The van der Waals surface area contributed by atoms with E-state index in [-0.39, 0.29) is 32.9 Å². The summed E-state index contributed by atoms with van der Waals surface area (Å²) < 4.78 is 39.9. The Morgan fingerprint density at radius 3 is 2.27 bits per heavy atom. The Labute approximate surface area is 126 Å². The van der Waals surface area contributed by atoms with Crippen LogP contribution in [0.2, 0.25) is 5.02 Å². The molecule has 114 valence electrons. The molecule has 3 N–H and O–H groups in total. The lowest BCUT2D eigenvalue weighted by Gasteiger charge is -2.14. The lowest BCUT2D eigenvalue weighted by Crippen LogP contribution is -2.07. The van der Waals surface area contributed by atoms with Crippen molar-refractivity contribution in [2.75, 3.05) is 0 Å². The minimum Gasteiger partial charge on any atom is -0.507 e. The first-order chi connectivity index (χ1) is 10.3. The Kier molecular flexibility index (Phi) is 3.17. The predicted octanol–water partition coefficient (Wildman–Crippen LogP) is 3.90. The van der Waals surface area contributed by atoms with E-state index >= 15 is 0 Å². The zero-order valence-corrected chi connectivity index (χ0v) is 11.5. The summed E-state index contributed by atoms with van der Waals surface area (Å²) in [4.78, 5) is 15.9. The van der Waals surface area contributed by atoms with E-state index in [4.69, 9.17) is 11.6 Å². The summed E-state index contributed by atoms with van der Waals surface area (Å²) in [5.74, 6) is -0.341. The smallest absolute Gasteiger partial charge is 0.417 e. The summed E-state index contributed by atoms with van der Waals surface area (Å²) in [6.45, 7) is 0. The summed E-state index contributed by atoms with van der Waals surface area (Å²) in [5.41, 5.74) is -1.70. The molecule has 0 amide bonds. The first kappa shape index (κ1) is 14.5. The summed E-state index contributed by atoms with van der Waals surface area (Å²) in [6, 6.07) is 5.79. The quantitative estimate of drug-likeness (QED) is 0.634. The number of rotatable bonds is 1. The van der Waals surface area contributed by atoms with E-state index in [2.05, 4.69) is 9.97 Å². The van der Waals surface area contributed by atoms with Gasteiger partial charge in [0.25, 0.3) is 0 Å². The van der Waals surface area contributed by atoms with Crippen molar-refractivity contribution in [3.05, 3.63) is 51.4 Å². The second-order valence-corrected chi connectivity index (χ2v) is 5.12. The van der Waals surface area contributed by atoms with Gasteiger partial charge in [-0.2, -0.15) is 13.2 Å². The number of halogens is 4. The van der Waals surface area contributed by atoms with Gasteiger partial charge >= 0.3 is 11.9 Å². The molecule has 3 aromatic rings. The third-order valence-electron chi connectivity index (χ3n) is 3.21. The predicted molar refractivity (Wildman–Crippen MR) is 76.0 cm³/mol. The van der Waals surface area contributed by atoms with Crippen LogP contribution in [0.3, 0.4) is 0 Å². The molecule has 0 spiro atoms. The number of nitrogens with one attached hydrogen (secondary N) is 2. The number of hydrogen-bond acceptors (Lipinski definition) is 2. The number of H-pyrrole nitrogens is 2. The zero-order valence-electron chi connectivity index (χ0n) is 10.8. The van der Waals surface area contributed by atoms with Crippen molar-refractivity contribution in [3.8, 4) is 16.9 Å². The van der Waals surface area contributed by atoms with Crippen LogP contribution in [-0.2, 0) is 6.18 Å². The molecule has 8 heteroatoms. The molecule has 0 aliphatic heterocycles. The third kappa shape index (κ3) is 2.43. The zero-order chi connectivity index (χ0) is 16.1. The monoisotopic (exact) mass is 328 g/mol. The van der Waals surface area contributed by atoms with Gasteiger partial charge in [0, 0.05) is 10.6 Å². The van der Waals surface area contributed by atoms with Gasteiger partial charge in [-0.3, -0.25) is 0 Å². The van der Waals surface area contributed by atoms with Gasteiger partial charge < -0.3 is 15.1 Å². The molecule has 2 aromatic carbocycles. The summed E-state index contributed by atoms with van der Waals surface area (Å²) in [6.07, 6.45) is -4.66. The van der Waals surface area contributed by atoms with Crippen molar-refractivity contribution in [2.24, 2.45) is 0 Å². The number of phenolic OH excluding ortho intramolecular Hbond substituents is 1. The van der Waals surface area contributed by atoms with Crippen LogP contribution in [0.4, 0.5) is 13.2 Å². The van der Waals surface area contributed by atoms with Crippen molar-refractivity contribution in [1.29, 1.82) is 0 Å². The fourth-order valence-electron chi connectivity index (χ4n) is 2.26. The largest absolute Gasteiger partial charge is 0.507 e. The molecule has 3 rings (SSSR count). The molecule has 22 heavy (non-hydrogen) atoms. The van der Waals surface area contributed by atoms with Crippen LogP contribution in [0.25, 0.3) is 22.2 Å². The van der Waals surface area contributed by atoms with Gasteiger partial charge in [-0.05, 0) is 35.9 Å². The Bertz CT molecular complexity index is 928. The Hall–Kier alpha value is -2.41. The summed E-state index contributed by atoms with van der Waals surface area (Å²) in [5, 5.41) is 10.0. The van der Waals surface area contributed by atoms with Crippen LogP contribution in [-0.4, -0.2) is 15.1 Å². The van der Waals surface area contributed by atoms with Crippen molar-refractivity contribution in [3.63, 3.8) is 0 Å². The lowest BCUT2D eigenvalue weighted by atomic mass is 9.97. The number of hydrogen-bond donors (Lipinski definition) is 3. The minimum absolute atomic E-state index is 0.0302. The fraction of sp³-hybridized carbons (Fsp3) is 0.0714. The van der Waals surface area contributed by atoms with Crippen molar-refractivity contribution in [1.82, 2.24) is 9.97 Å². The highest BCUT2D eigenvalue weighted by Crippen LogP contribution is 2.42. The molecule has 0 saturated carbocycles. The minimum atomic E-state index is -4.66. The normalized spacial score (nSPS) is 12.0. The summed E-state index contributed by atoms with van der Waals surface area (Å²) >= 11 is 5.80. The molecule has 0 fully saturated rings. The second kappa shape index (κ2) is 4.81. The molecule has 1 aromatic heterocycles. The molecule has 0 aliphatic carbocycles. The molecule has 0 atom stereocenters. The fourth-order valence-corrected chi connectivity index (χ4v) is 2.44. The van der Waals surface area contributed by atoms with E-state index in [1.807, 2.05) is 0 Å². The van der Waals surface area contributed by atoms with Gasteiger partial charge in [0.15, 0.2) is 0 Å². The Morgan fingerprint density at radius 1 is 1.00 bits per heavy atom. The average Bonchev–Trinajstić information content (AvgIpc) is 2.78. The van der Waals surface area contributed by atoms with Crippen molar-refractivity contribution >= 4 is 22.6 Å². The topological polar surface area (TPSA) is 68.9 Å². The Balaban J connectivity index is 2.40. The maximum atomic E-state index is 13.3. The van der Waals surface area contributed by atoms with Gasteiger partial charge in [0.2, 0.25) is 0 Å². The van der Waals surface area contributed by atoms with Crippen molar-refractivity contribution in [2.45, 2.75) is 6.18 Å². The SMILES string of the molecule is O=c1[nH]c2cc(-c3cc(Cl)ccc3O)c(C(F)(F)F)cc2[nH]1. The lowest BCUT2D eigenvalue weighted by molar-refractivity contribution is -0.137. The van der Waals surface area contributed by atoms with Gasteiger partial charge in [0.1, 0.15) is 5.75 Å². The van der Waals surface area contributed by atoms with E-state index in [1.165, 1.54) is 18.2 Å². The van der Waals surface area contributed by atoms with Crippen LogP contribution >= 0.6 is 11.6 Å². The highest BCUT2D eigenvalue weighted by Gasteiger charge is 2.35. The van der Waals surface area contributed by atoms with Crippen LogP contribution in [0, 0.1) is 0 Å². The molecule has 0 saturated heterocycles. The molecule has 0 radical (unpaired) electrons. The van der Waals surface area contributed by atoms with Gasteiger partial charge in [-0.25, -0.2) is 4.79 Å². The maximum absolute atomic E-state index is 13.3. The van der Waals surface area contributed by atoms with Crippen molar-refractivity contribution < 1.29 is 18.3 Å². The highest BCUT2D eigenvalue weighted by molar-refractivity contribution is 6.31. The van der Waals surface area contributed by atoms with E-state index < -0.39 is 17.4 Å². The van der Waals surface area contributed by atoms with Gasteiger partial charge in [0.05, 0.1) is 16.6 Å². The van der Waals surface area contributed by atoms with E-state index in [1.54, 1.807) is 0 Å². The molecule has 1 heterocycles. The number of alkyl halides is 3. The number of fused-ring (bicyclic) bond motifs is 1. The molecule has 0 aliphatic rings. The standard InChI is InChI=1S/C14H8ClF3N2O2/c15-6-1-2-12(21)8(3-6)7-4-10-11(20-13(22)19-10)5-9(7)14(16,17)18/h1-5,21H,(H2,19,20,22). The van der Waals surface area contributed by atoms with Crippen LogP contribution in [0.5, 0.6) is 5.75 Å². The number of benzene rings is 2. The van der Waals surface area contributed by atoms with E-state index in [0.717, 1.165) is 12.1 Å². The number of imidazole rings is 1. The molecule has 0 bridgehead atoms. The first-order valence-corrected chi connectivity index (χ1v) is 6.45. The average molecular weight is 329 g/mol. The molecule has 4 nitrogen and oxygen atoms in total. The number of aromatic nitrogens is 2. The van der Waals surface area contributed by atoms with Gasteiger partial charge in [-0.1, -0.05) is 11.6 Å². The highest BCUT2D eigenvalue weighted by atomic mass is 35.5. The van der Waals surface area contributed by atoms with E-state index in [0.29, 0.717) is 0 Å². The van der Waals surface area contributed by atoms with Crippen LogP contribution in [0.1, 0.15) is 5.56 Å².